The Labute approximate surface area is 158 Å². The third-order valence-electron chi connectivity index (χ3n) is 4.27. The van der Waals surface area contributed by atoms with E-state index in [1.54, 1.807) is 17.0 Å². The topological polar surface area (TPSA) is 87.5 Å². The largest absolute Gasteiger partial charge is 0.465 e. The highest BCUT2D eigenvalue weighted by molar-refractivity contribution is 9.10. The van der Waals surface area contributed by atoms with E-state index in [9.17, 15) is 14.0 Å². The van der Waals surface area contributed by atoms with Crippen LogP contribution in [0.15, 0.2) is 28.9 Å². The van der Waals surface area contributed by atoms with Crippen LogP contribution < -0.4 is 5.32 Å². The zero-order valence-corrected chi connectivity index (χ0v) is 15.9. The van der Waals surface area contributed by atoms with Gasteiger partial charge in [-0.3, -0.25) is 4.79 Å². The van der Waals surface area contributed by atoms with Crippen molar-refractivity contribution in [2.24, 2.45) is 0 Å². The highest BCUT2D eigenvalue weighted by Gasteiger charge is 2.36. The molecule has 0 saturated carbocycles. The zero-order valence-electron chi connectivity index (χ0n) is 14.3. The predicted octanol–water partition coefficient (Wildman–Crippen LogP) is 2.84. The first-order valence-electron chi connectivity index (χ1n) is 8.00. The lowest BCUT2D eigenvalue weighted by atomic mass is 10.0. The molecule has 1 aliphatic heterocycles. The van der Waals surface area contributed by atoms with E-state index in [0.29, 0.717) is 24.6 Å². The molecule has 0 unspecified atom stereocenters. The second-order valence-corrected chi connectivity index (χ2v) is 7.36. The lowest BCUT2D eigenvalue weighted by molar-refractivity contribution is -0.138. The molecule has 3 rings (SSSR count). The second kappa shape index (κ2) is 6.71. The number of fused-ring (bicyclic) bond motifs is 1. The average molecular weight is 425 g/mol. The van der Waals surface area contributed by atoms with Gasteiger partial charge in [-0.1, -0.05) is 0 Å². The number of carbonyl (C=O) groups is 2. The molecule has 2 heterocycles. The molecular weight excluding hydrogens is 407 g/mol. The monoisotopic (exact) mass is 424 g/mol. The summed E-state index contributed by atoms with van der Waals surface area (Å²) in [6.45, 7) is 4.30. The maximum Gasteiger partial charge on any atom is 0.405 e. The Balaban J connectivity index is 1.85. The normalized spacial score (nSPS) is 14.1. The smallest absolute Gasteiger partial charge is 0.405 e. The number of benzene rings is 1. The number of nitrogens with zero attached hydrogens (tertiary/aromatic N) is 3. The second-order valence-electron chi connectivity index (χ2n) is 6.61. The standard InChI is InChI=1S/C17H18BrFN4O3/c1-17(2,21-16(25)26)15(24)22-7-8-23-12(9-22)20-13(14(23)18)10-3-5-11(19)6-4-10/h3-6,21H,7-9H2,1-2H3,(H,25,26). The lowest BCUT2D eigenvalue weighted by Gasteiger charge is -2.34. The van der Waals surface area contributed by atoms with Crippen molar-refractivity contribution < 1.29 is 19.1 Å². The van der Waals surface area contributed by atoms with Crippen LogP contribution in [0.5, 0.6) is 0 Å². The van der Waals surface area contributed by atoms with E-state index < -0.39 is 11.6 Å². The number of halogens is 2. The summed E-state index contributed by atoms with van der Waals surface area (Å²) >= 11 is 3.53. The van der Waals surface area contributed by atoms with Crippen LogP contribution in [0, 0.1) is 5.82 Å². The van der Waals surface area contributed by atoms with E-state index in [0.717, 1.165) is 10.2 Å². The van der Waals surface area contributed by atoms with Crippen LogP contribution >= 0.6 is 15.9 Å². The van der Waals surface area contributed by atoms with Crippen LogP contribution in [-0.2, 0) is 17.9 Å². The molecule has 0 aliphatic carbocycles. The molecule has 0 atom stereocenters. The van der Waals surface area contributed by atoms with Gasteiger partial charge in [0, 0.05) is 18.7 Å². The van der Waals surface area contributed by atoms with Gasteiger partial charge in [-0.2, -0.15) is 0 Å². The first kappa shape index (κ1) is 18.4. The van der Waals surface area contributed by atoms with Crippen molar-refractivity contribution in [1.82, 2.24) is 19.8 Å². The quantitative estimate of drug-likeness (QED) is 0.792. The van der Waals surface area contributed by atoms with Gasteiger partial charge >= 0.3 is 6.09 Å². The van der Waals surface area contributed by atoms with Crippen LogP contribution in [0.4, 0.5) is 9.18 Å². The van der Waals surface area contributed by atoms with Crippen LogP contribution in [0.2, 0.25) is 0 Å². The molecular formula is C17H18BrFN4O3. The van der Waals surface area contributed by atoms with Crippen LogP contribution in [0.1, 0.15) is 19.7 Å². The predicted molar refractivity (Wildman–Crippen MR) is 96.0 cm³/mol. The zero-order chi connectivity index (χ0) is 19.1. The van der Waals surface area contributed by atoms with Gasteiger partial charge in [0.1, 0.15) is 27.5 Å². The number of rotatable bonds is 3. The Morgan fingerprint density at radius 3 is 2.54 bits per heavy atom. The number of aromatic nitrogens is 2. The van der Waals surface area contributed by atoms with Gasteiger partial charge in [-0.15, -0.1) is 0 Å². The molecule has 7 nitrogen and oxygen atoms in total. The first-order valence-corrected chi connectivity index (χ1v) is 8.79. The Hall–Kier alpha value is -2.42. The van der Waals surface area contributed by atoms with Gasteiger partial charge in [-0.25, -0.2) is 14.2 Å². The molecule has 2 N–H and O–H groups in total. The lowest BCUT2D eigenvalue weighted by Crippen LogP contribution is -2.56. The van der Waals surface area contributed by atoms with Gasteiger partial charge in [0.2, 0.25) is 5.91 Å². The molecule has 0 radical (unpaired) electrons. The summed E-state index contributed by atoms with van der Waals surface area (Å²) in [5.74, 6) is 0.0503. The summed E-state index contributed by atoms with van der Waals surface area (Å²) in [6.07, 6.45) is -1.25. The minimum Gasteiger partial charge on any atom is -0.465 e. The highest BCUT2D eigenvalue weighted by atomic mass is 79.9. The Bertz CT molecular complexity index is 864. The third kappa shape index (κ3) is 3.44. The van der Waals surface area contributed by atoms with Crippen molar-refractivity contribution in [3.63, 3.8) is 0 Å². The fourth-order valence-electron chi connectivity index (χ4n) is 2.98. The van der Waals surface area contributed by atoms with Crippen LogP contribution in [0.25, 0.3) is 11.3 Å². The molecule has 9 heteroatoms. The summed E-state index contributed by atoms with van der Waals surface area (Å²) < 4.78 is 15.9. The summed E-state index contributed by atoms with van der Waals surface area (Å²) in [5, 5.41) is 11.1. The minimum absolute atomic E-state index is 0.267. The summed E-state index contributed by atoms with van der Waals surface area (Å²) in [4.78, 5) is 29.7. The van der Waals surface area contributed by atoms with Crippen molar-refractivity contribution in [2.45, 2.75) is 32.5 Å². The fraction of sp³-hybridized carbons (Fsp3) is 0.353. The number of hydrogen-bond donors (Lipinski definition) is 2. The summed E-state index contributed by atoms with van der Waals surface area (Å²) in [5.41, 5.74) is 0.223. The van der Waals surface area contributed by atoms with Crippen molar-refractivity contribution in [2.75, 3.05) is 6.54 Å². The van der Waals surface area contributed by atoms with Crippen molar-refractivity contribution in [1.29, 1.82) is 0 Å². The maximum atomic E-state index is 13.1. The molecule has 138 valence electrons. The highest BCUT2D eigenvalue weighted by Crippen LogP contribution is 2.31. The SMILES string of the molecule is CC(C)(NC(=O)O)C(=O)N1CCn2c(nc(-c3ccc(F)cc3)c2Br)C1. The molecule has 0 saturated heterocycles. The molecule has 26 heavy (non-hydrogen) atoms. The fourth-order valence-corrected chi connectivity index (χ4v) is 3.68. The van der Waals surface area contributed by atoms with Gasteiger partial charge < -0.3 is 19.9 Å². The first-order chi connectivity index (χ1) is 12.2. The molecule has 1 aromatic carbocycles. The summed E-state index contributed by atoms with van der Waals surface area (Å²) in [6, 6.07) is 6.04. The molecule has 0 bridgehead atoms. The molecule has 0 spiro atoms. The number of imidazole rings is 1. The number of carboxylic acid groups (broad SMARTS) is 1. The van der Waals surface area contributed by atoms with Gasteiger partial charge in [0.05, 0.1) is 6.54 Å². The van der Waals surface area contributed by atoms with Gasteiger partial charge in [-0.05, 0) is 54.0 Å². The molecule has 0 fully saturated rings. The van der Waals surface area contributed by atoms with Gasteiger partial charge in [0.15, 0.2) is 0 Å². The van der Waals surface area contributed by atoms with Crippen molar-refractivity contribution in [3.05, 3.63) is 40.5 Å². The van der Waals surface area contributed by atoms with Crippen molar-refractivity contribution >= 4 is 27.9 Å². The molecule has 2 aromatic rings. The Kier molecular flexibility index (Phi) is 4.74. The van der Waals surface area contributed by atoms with E-state index >= 15 is 0 Å². The average Bonchev–Trinajstić information content (AvgIpc) is 2.90. The third-order valence-corrected chi connectivity index (χ3v) is 5.07. The number of amides is 2. The van der Waals surface area contributed by atoms with E-state index in [4.69, 9.17) is 5.11 Å². The van der Waals surface area contributed by atoms with E-state index in [1.807, 2.05) is 4.57 Å². The molecule has 1 aromatic heterocycles. The van der Waals surface area contributed by atoms with Crippen LogP contribution in [0.3, 0.4) is 0 Å². The van der Waals surface area contributed by atoms with E-state index in [-0.39, 0.29) is 18.3 Å². The van der Waals surface area contributed by atoms with Crippen LogP contribution in [-0.4, -0.2) is 43.6 Å². The number of nitrogens with one attached hydrogen (secondary N) is 1. The van der Waals surface area contributed by atoms with E-state index in [1.165, 1.54) is 26.0 Å². The molecule has 1 aliphatic rings. The Morgan fingerprint density at radius 1 is 1.27 bits per heavy atom. The molecule has 2 amide bonds. The minimum atomic E-state index is -1.25. The maximum absolute atomic E-state index is 13.1. The van der Waals surface area contributed by atoms with E-state index in [2.05, 4.69) is 26.2 Å². The number of carbonyl (C=O) groups excluding carboxylic acids is 1. The van der Waals surface area contributed by atoms with Gasteiger partial charge in [0.25, 0.3) is 0 Å². The summed E-state index contributed by atoms with van der Waals surface area (Å²) in [7, 11) is 0. The number of hydrogen-bond acceptors (Lipinski definition) is 3. The Morgan fingerprint density at radius 2 is 1.92 bits per heavy atom. The van der Waals surface area contributed by atoms with Crippen molar-refractivity contribution in [3.8, 4) is 11.3 Å².